The predicted molar refractivity (Wildman–Crippen MR) is 94.1 cm³/mol. The molecule has 24 heavy (non-hydrogen) atoms. The van der Waals surface area contributed by atoms with Crippen LogP contribution in [0.1, 0.15) is 5.56 Å². The number of aliphatic imine (C=N–C) groups is 1. The Labute approximate surface area is 147 Å². The van der Waals surface area contributed by atoms with E-state index in [4.69, 9.17) is 17.3 Å². The highest BCUT2D eigenvalue weighted by Gasteiger charge is 2.30. The lowest BCUT2D eigenvalue weighted by atomic mass is 10.2. The summed E-state index contributed by atoms with van der Waals surface area (Å²) < 4.78 is 38.5. The van der Waals surface area contributed by atoms with Gasteiger partial charge < -0.3 is 10.6 Å². The van der Waals surface area contributed by atoms with Gasteiger partial charge in [-0.05, 0) is 30.3 Å². The summed E-state index contributed by atoms with van der Waals surface area (Å²) in [5.74, 6) is 0.0805. The highest BCUT2D eigenvalue weighted by atomic mass is 35.5. The lowest BCUT2D eigenvalue weighted by molar-refractivity contribution is -0.137. The summed E-state index contributed by atoms with van der Waals surface area (Å²) in [6.07, 6.45) is -4.41. The molecule has 0 aliphatic rings. The molecule has 2 N–H and O–H groups in total. The molecule has 0 radical (unpaired) electrons. The molecule has 0 spiro atoms. The van der Waals surface area contributed by atoms with Crippen LogP contribution in [-0.2, 0) is 6.18 Å². The van der Waals surface area contributed by atoms with Crippen molar-refractivity contribution in [1.29, 1.82) is 0 Å². The van der Waals surface area contributed by atoms with Crippen LogP contribution in [0.2, 0.25) is 0 Å². The average molecular weight is 374 g/mol. The van der Waals surface area contributed by atoms with Crippen molar-refractivity contribution in [3.8, 4) is 0 Å². The maximum Gasteiger partial charge on any atom is 0.416 e. The van der Waals surface area contributed by atoms with Gasteiger partial charge >= 0.3 is 6.18 Å². The summed E-state index contributed by atoms with van der Waals surface area (Å²) in [6.45, 7) is 0. The number of halogens is 4. The van der Waals surface area contributed by atoms with Gasteiger partial charge in [0.2, 0.25) is 5.96 Å². The standard InChI is InChI=1S/C16H15ClF3N3S/c1-23(12-6-4-5-11(9-12)16(18,19)20)15(21)22-13-7-2-3-8-14(13)24-10-17/h2-9H,10H2,1H3,(H2,21,22). The molecule has 3 nitrogen and oxygen atoms in total. The van der Waals surface area contributed by atoms with Gasteiger partial charge in [-0.2, -0.15) is 13.2 Å². The molecule has 0 saturated carbocycles. The minimum absolute atomic E-state index is 0.0805. The maximum absolute atomic E-state index is 12.8. The minimum atomic E-state index is -4.41. The van der Waals surface area contributed by atoms with Crippen LogP contribution in [0.25, 0.3) is 0 Å². The van der Waals surface area contributed by atoms with Crippen LogP contribution < -0.4 is 10.6 Å². The van der Waals surface area contributed by atoms with Crippen LogP contribution in [0, 0.1) is 0 Å². The molecule has 0 atom stereocenters. The molecule has 0 aliphatic carbocycles. The molecule has 128 valence electrons. The molecule has 0 bridgehead atoms. The Morgan fingerprint density at radius 1 is 1.21 bits per heavy atom. The van der Waals surface area contributed by atoms with Crippen molar-refractivity contribution < 1.29 is 13.2 Å². The first kappa shape index (κ1) is 18.5. The topological polar surface area (TPSA) is 41.6 Å². The summed E-state index contributed by atoms with van der Waals surface area (Å²) in [5.41, 5.74) is 6.13. The van der Waals surface area contributed by atoms with E-state index in [1.165, 1.54) is 28.8 Å². The molecule has 2 aromatic carbocycles. The predicted octanol–water partition coefficient (Wildman–Crippen LogP) is 5.08. The van der Waals surface area contributed by atoms with Gasteiger partial charge in [-0.1, -0.05) is 18.2 Å². The fourth-order valence-corrected chi connectivity index (χ4v) is 2.86. The van der Waals surface area contributed by atoms with Crippen LogP contribution in [0.3, 0.4) is 0 Å². The number of guanidine groups is 1. The van der Waals surface area contributed by atoms with Gasteiger partial charge in [0, 0.05) is 17.6 Å². The van der Waals surface area contributed by atoms with Gasteiger partial charge in [0.1, 0.15) is 0 Å². The van der Waals surface area contributed by atoms with Gasteiger partial charge in [-0.25, -0.2) is 4.99 Å². The lowest BCUT2D eigenvalue weighted by Crippen LogP contribution is -2.33. The first-order chi connectivity index (χ1) is 11.3. The van der Waals surface area contributed by atoms with E-state index in [1.807, 2.05) is 12.1 Å². The Bertz CT molecular complexity index is 735. The first-order valence-corrected chi connectivity index (χ1v) is 8.38. The third-order valence-corrected chi connectivity index (χ3v) is 4.31. The number of para-hydroxylation sites is 1. The van der Waals surface area contributed by atoms with Crippen molar-refractivity contribution in [1.82, 2.24) is 0 Å². The van der Waals surface area contributed by atoms with Gasteiger partial charge in [-0.3, -0.25) is 0 Å². The quantitative estimate of drug-likeness (QED) is 0.352. The Morgan fingerprint density at radius 3 is 2.58 bits per heavy atom. The second kappa shape index (κ2) is 7.81. The fraction of sp³-hybridized carbons (Fsp3) is 0.188. The molecule has 0 amide bonds. The highest BCUT2D eigenvalue weighted by Crippen LogP contribution is 2.32. The van der Waals surface area contributed by atoms with Gasteiger partial charge in [-0.15, -0.1) is 23.4 Å². The zero-order valence-corrected chi connectivity index (χ0v) is 14.3. The lowest BCUT2D eigenvalue weighted by Gasteiger charge is -2.20. The zero-order chi connectivity index (χ0) is 17.7. The number of hydrogen-bond acceptors (Lipinski definition) is 2. The van der Waals surface area contributed by atoms with Crippen LogP contribution in [0.5, 0.6) is 0 Å². The number of nitrogens with zero attached hydrogens (tertiary/aromatic N) is 2. The fourth-order valence-electron chi connectivity index (χ4n) is 1.95. The van der Waals surface area contributed by atoms with E-state index in [0.29, 0.717) is 16.6 Å². The van der Waals surface area contributed by atoms with E-state index in [1.54, 1.807) is 19.2 Å². The van der Waals surface area contributed by atoms with Gasteiger partial charge in [0.25, 0.3) is 0 Å². The van der Waals surface area contributed by atoms with Crippen molar-refractivity contribution >= 4 is 40.7 Å². The smallest absolute Gasteiger partial charge is 0.369 e. The molecule has 0 fully saturated rings. The van der Waals surface area contributed by atoms with E-state index < -0.39 is 11.7 Å². The Kier molecular flexibility index (Phi) is 6.01. The maximum atomic E-state index is 12.8. The minimum Gasteiger partial charge on any atom is -0.369 e. The van der Waals surface area contributed by atoms with Crippen LogP contribution in [0.4, 0.5) is 24.5 Å². The summed E-state index contributed by atoms with van der Waals surface area (Å²) >= 11 is 7.12. The molecular weight excluding hydrogens is 359 g/mol. The molecule has 0 unspecified atom stereocenters. The molecule has 8 heteroatoms. The van der Waals surface area contributed by atoms with Crippen LogP contribution >= 0.6 is 23.4 Å². The number of alkyl halides is 4. The van der Waals surface area contributed by atoms with E-state index in [2.05, 4.69) is 4.99 Å². The van der Waals surface area contributed by atoms with Crippen molar-refractivity contribution in [2.24, 2.45) is 10.7 Å². The Balaban J connectivity index is 2.31. The summed E-state index contributed by atoms with van der Waals surface area (Å²) in [6, 6.07) is 12.2. The highest BCUT2D eigenvalue weighted by molar-refractivity contribution is 8.00. The molecular formula is C16H15ClF3N3S. The summed E-state index contributed by atoms with van der Waals surface area (Å²) in [4.78, 5) is 6.55. The monoisotopic (exact) mass is 373 g/mol. The van der Waals surface area contributed by atoms with Crippen LogP contribution in [-0.4, -0.2) is 18.2 Å². The van der Waals surface area contributed by atoms with Gasteiger partial charge in [0.15, 0.2) is 0 Å². The second-order valence-electron chi connectivity index (χ2n) is 4.80. The Morgan fingerprint density at radius 2 is 1.92 bits per heavy atom. The first-order valence-electron chi connectivity index (χ1n) is 6.86. The van der Waals surface area contributed by atoms with Crippen molar-refractivity contribution in [2.45, 2.75) is 11.1 Å². The number of nitrogens with two attached hydrogens (primary N) is 1. The van der Waals surface area contributed by atoms with E-state index in [-0.39, 0.29) is 5.96 Å². The number of anilines is 1. The summed E-state index contributed by atoms with van der Waals surface area (Å²) in [7, 11) is 1.56. The van der Waals surface area contributed by atoms with Crippen molar-refractivity contribution in [2.75, 3.05) is 17.2 Å². The average Bonchev–Trinajstić information content (AvgIpc) is 2.55. The molecule has 2 aromatic rings. The van der Waals surface area contributed by atoms with E-state index in [0.717, 1.165) is 17.0 Å². The molecule has 0 saturated heterocycles. The summed E-state index contributed by atoms with van der Waals surface area (Å²) in [5, 5.41) is 0.357. The molecule has 0 aliphatic heterocycles. The van der Waals surface area contributed by atoms with Crippen LogP contribution in [0.15, 0.2) is 58.4 Å². The number of benzene rings is 2. The second-order valence-corrected chi connectivity index (χ2v) is 6.40. The van der Waals surface area contributed by atoms with Crippen molar-refractivity contribution in [3.63, 3.8) is 0 Å². The largest absolute Gasteiger partial charge is 0.416 e. The number of thioether (sulfide) groups is 1. The van der Waals surface area contributed by atoms with Gasteiger partial charge in [0.05, 0.1) is 16.5 Å². The molecule has 2 rings (SSSR count). The Hall–Kier alpha value is -1.86. The third-order valence-electron chi connectivity index (χ3n) is 3.21. The zero-order valence-electron chi connectivity index (χ0n) is 12.7. The number of hydrogen-bond donors (Lipinski definition) is 1. The normalized spacial score (nSPS) is 12.3. The molecule has 0 aromatic heterocycles. The SMILES string of the molecule is CN(C(N)=Nc1ccccc1SCCl)c1cccc(C(F)(F)F)c1. The molecule has 0 heterocycles. The van der Waals surface area contributed by atoms with E-state index in [9.17, 15) is 13.2 Å². The third kappa shape index (κ3) is 4.58. The van der Waals surface area contributed by atoms with E-state index >= 15 is 0 Å². The van der Waals surface area contributed by atoms with Crippen molar-refractivity contribution in [3.05, 3.63) is 54.1 Å². The number of rotatable bonds is 4.